The second-order valence-corrected chi connectivity index (χ2v) is 8.36. The lowest BCUT2D eigenvalue weighted by atomic mass is 9.88. The number of hydrogen-bond acceptors (Lipinski definition) is 4. The summed E-state index contributed by atoms with van der Waals surface area (Å²) in [4.78, 5) is 22.6. The number of amides is 1. The number of carbonyl (C=O) groups is 1. The van der Waals surface area contributed by atoms with Gasteiger partial charge < -0.3 is 4.90 Å². The molecule has 3 aromatic rings. The average molecular weight is 451 g/mol. The van der Waals surface area contributed by atoms with Gasteiger partial charge in [-0.3, -0.25) is 4.79 Å². The van der Waals surface area contributed by atoms with Crippen molar-refractivity contribution >= 4 is 11.7 Å². The molecule has 1 saturated heterocycles. The van der Waals surface area contributed by atoms with E-state index >= 15 is 0 Å². The summed E-state index contributed by atoms with van der Waals surface area (Å²) in [6.07, 6.45) is -1.60. The molecule has 1 amide bonds. The molecule has 1 aliphatic heterocycles. The molecule has 0 N–H and O–H groups in total. The molecule has 0 bridgehead atoms. The second-order valence-electron chi connectivity index (χ2n) is 8.36. The minimum atomic E-state index is -5.66. The Morgan fingerprint density at radius 1 is 1.00 bits per heavy atom. The van der Waals surface area contributed by atoms with Gasteiger partial charge in [0.2, 0.25) is 5.82 Å². The van der Waals surface area contributed by atoms with E-state index in [0.29, 0.717) is 31.7 Å². The van der Waals surface area contributed by atoms with Crippen LogP contribution in [0.1, 0.15) is 40.5 Å². The molecule has 2 aromatic heterocycles. The number of nitrogens with zero attached hydrogens (tertiary/aromatic N) is 5. The SMILES string of the molecule is O=C(c1nc2ncccn2n1)N1C[C@H]2C[C@@H](c3ccccc3C(F)(F)C(F)(F)F)C[C@H]2C1. The van der Waals surface area contributed by atoms with E-state index < -0.39 is 23.6 Å². The standard InChI is InChI=1S/C21H18F5N5O/c22-20(23,21(24,25)26)16-5-2-1-4-15(16)12-8-13-10-30(11-14(13)9-12)18(32)17-28-19-27-6-3-7-31(19)29-17/h1-7,12-14H,8-11H2/t12-,13-,14+. The zero-order valence-electron chi connectivity index (χ0n) is 16.6. The predicted octanol–water partition coefficient (Wildman–Crippen LogP) is 4.04. The van der Waals surface area contributed by atoms with Crippen LogP contribution in [0.3, 0.4) is 0 Å². The van der Waals surface area contributed by atoms with E-state index in [9.17, 15) is 26.7 Å². The van der Waals surface area contributed by atoms with E-state index in [2.05, 4.69) is 15.1 Å². The van der Waals surface area contributed by atoms with Crippen molar-refractivity contribution in [3.05, 3.63) is 59.7 Å². The maximum absolute atomic E-state index is 14.1. The molecule has 6 nitrogen and oxygen atoms in total. The molecule has 2 fully saturated rings. The van der Waals surface area contributed by atoms with Gasteiger partial charge in [-0.05, 0) is 42.2 Å². The van der Waals surface area contributed by atoms with Gasteiger partial charge in [0.15, 0.2) is 0 Å². The van der Waals surface area contributed by atoms with Crippen molar-refractivity contribution in [1.82, 2.24) is 24.5 Å². The minimum Gasteiger partial charge on any atom is -0.335 e. The Kier molecular flexibility index (Phi) is 4.68. The molecular formula is C21H18F5N5O. The Labute approximate surface area is 179 Å². The van der Waals surface area contributed by atoms with Crippen LogP contribution in [0, 0.1) is 11.8 Å². The first kappa shape index (κ1) is 20.8. The van der Waals surface area contributed by atoms with Crippen molar-refractivity contribution in [3.8, 4) is 0 Å². The summed E-state index contributed by atoms with van der Waals surface area (Å²) in [6, 6.07) is 6.56. The molecule has 0 unspecified atom stereocenters. The number of benzene rings is 1. The molecule has 2 aliphatic rings. The summed E-state index contributed by atoms with van der Waals surface area (Å²) in [5.74, 6) is -5.30. The molecule has 5 rings (SSSR count). The van der Waals surface area contributed by atoms with Crippen molar-refractivity contribution < 1.29 is 26.7 Å². The highest BCUT2D eigenvalue weighted by Crippen LogP contribution is 2.51. The highest BCUT2D eigenvalue weighted by atomic mass is 19.4. The smallest absolute Gasteiger partial charge is 0.335 e. The molecular weight excluding hydrogens is 433 g/mol. The number of rotatable bonds is 3. The predicted molar refractivity (Wildman–Crippen MR) is 102 cm³/mol. The lowest BCUT2D eigenvalue weighted by Crippen LogP contribution is -2.35. The van der Waals surface area contributed by atoms with Crippen LogP contribution in [-0.4, -0.2) is 49.7 Å². The van der Waals surface area contributed by atoms with Gasteiger partial charge >= 0.3 is 12.1 Å². The zero-order valence-corrected chi connectivity index (χ0v) is 16.6. The van der Waals surface area contributed by atoms with Crippen LogP contribution in [0.5, 0.6) is 0 Å². The van der Waals surface area contributed by atoms with E-state index in [0.717, 1.165) is 6.07 Å². The fourth-order valence-corrected chi connectivity index (χ4v) is 4.98. The largest absolute Gasteiger partial charge is 0.458 e. The maximum Gasteiger partial charge on any atom is 0.458 e. The molecule has 3 atom stereocenters. The van der Waals surface area contributed by atoms with E-state index in [1.165, 1.54) is 22.7 Å². The zero-order chi connectivity index (χ0) is 22.7. The molecule has 168 valence electrons. The summed E-state index contributed by atoms with van der Waals surface area (Å²) < 4.78 is 68.6. The summed E-state index contributed by atoms with van der Waals surface area (Å²) in [5.41, 5.74) is -0.943. The van der Waals surface area contributed by atoms with Crippen molar-refractivity contribution in [3.63, 3.8) is 0 Å². The van der Waals surface area contributed by atoms with Crippen molar-refractivity contribution in [2.75, 3.05) is 13.1 Å². The van der Waals surface area contributed by atoms with E-state index in [-0.39, 0.29) is 29.1 Å². The Morgan fingerprint density at radius 3 is 2.34 bits per heavy atom. The molecule has 32 heavy (non-hydrogen) atoms. The lowest BCUT2D eigenvalue weighted by Gasteiger charge is -2.25. The molecule has 0 spiro atoms. The molecule has 1 saturated carbocycles. The molecule has 3 heterocycles. The molecule has 1 aliphatic carbocycles. The number of hydrogen-bond donors (Lipinski definition) is 0. The van der Waals surface area contributed by atoms with Gasteiger partial charge in [0, 0.05) is 31.0 Å². The van der Waals surface area contributed by atoms with E-state index in [1.54, 1.807) is 23.4 Å². The summed E-state index contributed by atoms with van der Waals surface area (Å²) >= 11 is 0. The first-order valence-corrected chi connectivity index (χ1v) is 10.2. The third-order valence-electron chi connectivity index (χ3n) is 6.44. The fraction of sp³-hybridized carbons (Fsp3) is 0.429. The summed E-state index contributed by atoms with van der Waals surface area (Å²) in [7, 11) is 0. The fourth-order valence-electron chi connectivity index (χ4n) is 4.98. The highest BCUT2D eigenvalue weighted by Gasteiger charge is 2.60. The van der Waals surface area contributed by atoms with Crippen LogP contribution in [0.25, 0.3) is 5.78 Å². The van der Waals surface area contributed by atoms with E-state index in [1.807, 2.05) is 0 Å². The number of alkyl halides is 5. The van der Waals surface area contributed by atoms with Crippen LogP contribution in [0.4, 0.5) is 22.0 Å². The first-order valence-electron chi connectivity index (χ1n) is 10.2. The first-order chi connectivity index (χ1) is 15.1. The van der Waals surface area contributed by atoms with Crippen LogP contribution in [0.2, 0.25) is 0 Å². The summed E-state index contributed by atoms with van der Waals surface area (Å²) in [5, 5.41) is 4.14. The van der Waals surface area contributed by atoms with E-state index in [4.69, 9.17) is 0 Å². The van der Waals surface area contributed by atoms with Crippen molar-refractivity contribution in [1.29, 1.82) is 0 Å². The molecule has 1 aromatic carbocycles. The van der Waals surface area contributed by atoms with Crippen LogP contribution < -0.4 is 0 Å². The maximum atomic E-state index is 14.1. The Bertz CT molecular complexity index is 1130. The number of fused-ring (bicyclic) bond motifs is 2. The van der Waals surface area contributed by atoms with Gasteiger partial charge in [-0.15, -0.1) is 5.10 Å². The molecule has 0 radical (unpaired) electrons. The topological polar surface area (TPSA) is 63.4 Å². The third-order valence-corrected chi connectivity index (χ3v) is 6.44. The number of carbonyl (C=O) groups excluding carboxylic acids is 1. The Morgan fingerprint density at radius 2 is 1.69 bits per heavy atom. The van der Waals surface area contributed by atoms with Crippen LogP contribution in [-0.2, 0) is 5.92 Å². The van der Waals surface area contributed by atoms with Gasteiger partial charge in [-0.2, -0.15) is 26.9 Å². The van der Waals surface area contributed by atoms with Gasteiger partial charge in [0.1, 0.15) is 0 Å². The van der Waals surface area contributed by atoms with Crippen molar-refractivity contribution in [2.45, 2.75) is 30.9 Å². The minimum absolute atomic E-state index is 0.0201. The third kappa shape index (κ3) is 3.30. The highest BCUT2D eigenvalue weighted by molar-refractivity contribution is 5.91. The monoisotopic (exact) mass is 451 g/mol. The number of aromatic nitrogens is 4. The Balaban J connectivity index is 1.32. The van der Waals surface area contributed by atoms with Crippen molar-refractivity contribution in [2.24, 2.45) is 11.8 Å². The number of halogens is 5. The summed E-state index contributed by atoms with van der Waals surface area (Å²) in [6.45, 7) is 0.779. The average Bonchev–Trinajstić information content (AvgIpc) is 3.45. The molecule has 11 heteroatoms. The van der Waals surface area contributed by atoms with Crippen LogP contribution in [0.15, 0.2) is 42.7 Å². The van der Waals surface area contributed by atoms with Gasteiger partial charge in [0.05, 0.1) is 0 Å². The normalized spacial score (nSPS) is 23.7. The Hall–Kier alpha value is -3.11. The van der Waals surface area contributed by atoms with Gasteiger partial charge in [-0.25, -0.2) is 9.50 Å². The quantitative estimate of drug-likeness (QED) is 0.564. The second kappa shape index (κ2) is 7.21. The number of likely N-dealkylation sites (tertiary alicyclic amines) is 1. The lowest BCUT2D eigenvalue weighted by molar-refractivity contribution is -0.289. The van der Waals surface area contributed by atoms with Crippen LogP contribution >= 0.6 is 0 Å². The van der Waals surface area contributed by atoms with Gasteiger partial charge in [0.25, 0.3) is 11.7 Å². The van der Waals surface area contributed by atoms with Gasteiger partial charge in [-0.1, -0.05) is 24.3 Å².